The standard InChI is InChI=1S/C36H62N2O3/c1-27-15-18-31(41-25-11-24-38-34(39)14-7-6-8-23-37)26-30(27)17-16-29-13-10-22-36(5)32(19-20-33(29)36)28(2)12-9-21-35(3,4)40/h16-17,28,31-33,40H,1,6-15,18-26,37H2,2-5H3,(H,38,39)/t28-,31+,32?,33?,36-/m1/s1. The molecule has 0 heterocycles. The van der Waals surface area contributed by atoms with Crippen molar-refractivity contribution < 1.29 is 14.6 Å². The van der Waals surface area contributed by atoms with Gasteiger partial charge in [0.1, 0.15) is 0 Å². The van der Waals surface area contributed by atoms with Crippen molar-refractivity contribution in [2.75, 3.05) is 19.7 Å². The summed E-state index contributed by atoms with van der Waals surface area (Å²) in [7, 11) is 0. The lowest BCUT2D eigenvalue weighted by atomic mass is 9.60. The van der Waals surface area contributed by atoms with Crippen molar-refractivity contribution in [1.29, 1.82) is 0 Å². The van der Waals surface area contributed by atoms with Crippen molar-refractivity contribution in [2.45, 2.75) is 142 Å². The summed E-state index contributed by atoms with van der Waals surface area (Å²) in [5.41, 5.74) is 9.66. The fourth-order valence-corrected chi connectivity index (χ4v) is 8.04. The molecule has 0 aromatic rings. The van der Waals surface area contributed by atoms with E-state index in [2.05, 4.69) is 37.9 Å². The van der Waals surface area contributed by atoms with Gasteiger partial charge in [0.05, 0.1) is 11.7 Å². The molecule has 0 radical (unpaired) electrons. The Morgan fingerprint density at radius 3 is 2.73 bits per heavy atom. The Balaban J connectivity index is 1.47. The van der Waals surface area contributed by atoms with Crippen LogP contribution in [0.25, 0.3) is 0 Å². The zero-order valence-corrected chi connectivity index (χ0v) is 26.9. The molecule has 5 heteroatoms. The lowest BCUT2D eigenvalue weighted by Gasteiger charge is -2.44. The van der Waals surface area contributed by atoms with Gasteiger partial charge in [-0.1, -0.05) is 63.0 Å². The van der Waals surface area contributed by atoms with E-state index in [0.717, 1.165) is 69.6 Å². The average molecular weight is 571 g/mol. The summed E-state index contributed by atoms with van der Waals surface area (Å²) in [5.74, 6) is 2.35. The van der Waals surface area contributed by atoms with Crippen molar-refractivity contribution in [3.63, 3.8) is 0 Å². The number of nitrogens with one attached hydrogen (secondary N) is 1. The summed E-state index contributed by atoms with van der Waals surface area (Å²) >= 11 is 0. The lowest BCUT2D eigenvalue weighted by molar-refractivity contribution is -0.121. The minimum atomic E-state index is -0.550. The van der Waals surface area contributed by atoms with Crippen LogP contribution in [0.15, 0.2) is 35.5 Å². The first kappa shape index (κ1) is 34.1. The number of rotatable bonds is 16. The van der Waals surface area contributed by atoms with Crippen molar-refractivity contribution >= 4 is 5.91 Å². The molecular weight excluding hydrogens is 508 g/mol. The van der Waals surface area contributed by atoms with Crippen molar-refractivity contribution in [3.05, 3.63) is 35.5 Å². The fraction of sp³-hybridized carbons (Fsp3) is 0.806. The van der Waals surface area contributed by atoms with Gasteiger partial charge in [-0.05, 0) is 126 Å². The number of nitrogens with two attached hydrogens (primary N) is 1. The topological polar surface area (TPSA) is 84.6 Å². The van der Waals surface area contributed by atoms with Crippen molar-refractivity contribution in [3.8, 4) is 0 Å². The molecule has 0 aromatic heterocycles. The zero-order valence-electron chi connectivity index (χ0n) is 26.9. The summed E-state index contributed by atoms with van der Waals surface area (Å²) in [4.78, 5) is 12.0. The van der Waals surface area contributed by atoms with Crippen LogP contribution in [-0.4, -0.2) is 42.4 Å². The maximum absolute atomic E-state index is 12.0. The highest BCUT2D eigenvalue weighted by molar-refractivity contribution is 5.75. The molecule has 41 heavy (non-hydrogen) atoms. The molecule has 3 aliphatic rings. The number of ether oxygens (including phenoxy) is 1. The minimum Gasteiger partial charge on any atom is -0.390 e. The first-order chi connectivity index (χ1) is 19.5. The van der Waals surface area contributed by atoms with E-state index in [1.807, 2.05) is 13.8 Å². The molecule has 0 aromatic carbocycles. The number of unbranched alkanes of at least 4 members (excludes halogenated alkanes) is 2. The van der Waals surface area contributed by atoms with Gasteiger partial charge in [-0.15, -0.1) is 0 Å². The summed E-state index contributed by atoms with van der Waals surface area (Å²) in [6, 6.07) is 0. The van der Waals surface area contributed by atoms with Gasteiger partial charge in [0.2, 0.25) is 5.91 Å². The molecule has 0 spiro atoms. The number of carbonyl (C=O) groups excluding carboxylic acids is 1. The lowest BCUT2D eigenvalue weighted by Crippen LogP contribution is -2.36. The Morgan fingerprint density at radius 1 is 1.17 bits per heavy atom. The fourth-order valence-electron chi connectivity index (χ4n) is 8.04. The van der Waals surface area contributed by atoms with Crippen LogP contribution in [0.5, 0.6) is 0 Å². The summed E-state index contributed by atoms with van der Waals surface area (Å²) in [6.45, 7) is 15.4. The minimum absolute atomic E-state index is 0.141. The molecule has 2 unspecified atom stereocenters. The third-order valence-electron chi connectivity index (χ3n) is 10.4. The maximum Gasteiger partial charge on any atom is 0.219 e. The number of hydrogen-bond acceptors (Lipinski definition) is 4. The molecule has 1 amide bonds. The van der Waals surface area contributed by atoms with Crippen molar-refractivity contribution in [1.82, 2.24) is 5.32 Å². The Labute approximate surface area is 251 Å². The highest BCUT2D eigenvalue weighted by Gasteiger charge is 2.50. The van der Waals surface area contributed by atoms with E-state index in [0.29, 0.717) is 37.5 Å². The molecule has 3 aliphatic carbocycles. The van der Waals surface area contributed by atoms with Crippen LogP contribution in [0.2, 0.25) is 0 Å². The molecule has 0 bridgehead atoms. The number of carbonyl (C=O) groups is 1. The molecule has 3 fully saturated rings. The number of allylic oxidation sites excluding steroid dienone is 4. The maximum atomic E-state index is 12.0. The molecule has 5 nitrogen and oxygen atoms in total. The monoisotopic (exact) mass is 570 g/mol. The highest BCUT2D eigenvalue weighted by atomic mass is 16.5. The van der Waals surface area contributed by atoms with E-state index in [-0.39, 0.29) is 12.0 Å². The molecular formula is C36H62N2O3. The number of amides is 1. The van der Waals surface area contributed by atoms with Crippen LogP contribution in [0, 0.1) is 23.2 Å². The van der Waals surface area contributed by atoms with E-state index in [1.165, 1.54) is 49.7 Å². The van der Waals surface area contributed by atoms with Gasteiger partial charge < -0.3 is 20.9 Å². The highest BCUT2D eigenvalue weighted by Crippen LogP contribution is 2.60. The molecule has 3 saturated carbocycles. The van der Waals surface area contributed by atoms with Crippen LogP contribution in [0.3, 0.4) is 0 Å². The van der Waals surface area contributed by atoms with Gasteiger partial charge in [-0.3, -0.25) is 4.79 Å². The van der Waals surface area contributed by atoms with Gasteiger partial charge in [0.15, 0.2) is 0 Å². The smallest absolute Gasteiger partial charge is 0.219 e. The average Bonchev–Trinajstić information content (AvgIpc) is 3.28. The van der Waals surface area contributed by atoms with E-state index < -0.39 is 5.60 Å². The molecule has 0 aliphatic heterocycles. The van der Waals surface area contributed by atoms with Crippen molar-refractivity contribution in [2.24, 2.45) is 28.9 Å². The van der Waals surface area contributed by atoms with E-state index in [1.54, 1.807) is 5.57 Å². The molecule has 234 valence electrons. The van der Waals surface area contributed by atoms with Gasteiger partial charge in [0.25, 0.3) is 0 Å². The second kappa shape index (κ2) is 16.4. The number of hydrogen-bond donors (Lipinski definition) is 3. The van der Waals surface area contributed by atoms with Crippen LogP contribution < -0.4 is 11.1 Å². The van der Waals surface area contributed by atoms with Crippen LogP contribution >= 0.6 is 0 Å². The van der Waals surface area contributed by atoms with Crippen LogP contribution in [0.1, 0.15) is 130 Å². The molecule has 5 atom stereocenters. The Hall–Kier alpha value is -1.43. The SMILES string of the molecule is C=C1CC[C@H](OCCCNC(=O)CCCCCN)CC1=CC=C1CCC[C@@]2(C)C1CCC2[C@H](C)CCCC(C)(C)O. The largest absolute Gasteiger partial charge is 0.390 e. The van der Waals surface area contributed by atoms with Gasteiger partial charge in [-0.2, -0.15) is 0 Å². The Bertz CT molecular complexity index is 901. The Morgan fingerprint density at radius 2 is 1.98 bits per heavy atom. The van der Waals surface area contributed by atoms with E-state index >= 15 is 0 Å². The summed E-state index contributed by atoms with van der Waals surface area (Å²) < 4.78 is 6.24. The van der Waals surface area contributed by atoms with E-state index in [9.17, 15) is 9.90 Å². The third-order valence-corrected chi connectivity index (χ3v) is 10.4. The third kappa shape index (κ3) is 10.7. The van der Waals surface area contributed by atoms with Gasteiger partial charge in [-0.25, -0.2) is 0 Å². The van der Waals surface area contributed by atoms with Gasteiger partial charge in [0, 0.05) is 19.6 Å². The number of aliphatic hydroxyl groups is 1. The summed E-state index contributed by atoms with van der Waals surface area (Å²) in [6.07, 6.45) is 22.2. The summed E-state index contributed by atoms with van der Waals surface area (Å²) in [5, 5.41) is 13.2. The molecule has 4 N–H and O–H groups in total. The predicted octanol–water partition coefficient (Wildman–Crippen LogP) is 7.78. The quantitative estimate of drug-likeness (QED) is 0.165. The second-order valence-corrected chi connectivity index (χ2v) is 14.4. The normalized spacial score (nSPS) is 29.6. The number of fused-ring (bicyclic) bond motifs is 1. The van der Waals surface area contributed by atoms with Crippen LogP contribution in [0.4, 0.5) is 0 Å². The van der Waals surface area contributed by atoms with Gasteiger partial charge >= 0.3 is 0 Å². The molecule has 3 rings (SSSR count). The predicted molar refractivity (Wildman–Crippen MR) is 172 cm³/mol. The second-order valence-electron chi connectivity index (χ2n) is 14.4. The molecule has 0 saturated heterocycles. The first-order valence-electron chi connectivity index (χ1n) is 16.9. The Kier molecular flexibility index (Phi) is 13.6. The first-order valence-corrected chi connectivity index (χ1v) is 16.9. The van der Waals surface area contributed by atoms with E-state index in [4.69, 9.17) is 10.5 Å². The zero-order chi connectivity index (χ0) is 29.9. The van der Waals surface area contributed by atoms with Crippen LogP contribution in [-0.2, 0) is 9.53 Å².